The fourth-order valence-corrected chi connectivity index (χ4v) is 5.43. The van der Waals surface area contributed by atoms with E-state index in [9.17, 15) is 4.39 Å². The molecule has 1 aromatic carbocycles. The SMILES string of the molecule is Fc1cccc(-c2ccnc3[nH]c(-c4n[nH]c5cnc(-c6cncc(CN7CCCCC7)c6)cc45)cc23)c1. The van der Waals surface area contributed by atoms with Crippen LogP contribution in [0.1, 0.15) is 24.8 Å². The number of fused-ring (bicyclic) bond motifs is 2. The summed E-state index contributed by atoms with van der Waals surface area (Å²) in [5.41, 5.74) is 7.93. The van der Waals surface area contributed by atoms with Crippen LogP contribution in [0.15, 0.2) is 73.3 Å². The lowest BCUT2D eigenvalue weighted by Gasteiger charge is -2.26. The van der Waals surface area contributed by atoms with Crippen molar-refractivity contribution in [3.8, 4) is 33.8 Å². The summed E-state index contributed by atoms with van der Waals surface area (Å²) in [6.45, 7) is 3.20. The Morgan fingerprint density at radius 1 is 0.868 bits per heavy atom. The lowest BCUT2D eigenvalue weighted by molar-refractivity contribution is 0.220. The van der Waals surface area contributed by atoms with E-state index < -0.39 is 0 Å². The van der Waals surface area contributed by atoms with E-state index in [1.54, 1.807) is 12.3 Å². The zero-order valence-electron chi connectivity index (χ0n) is 20.8. The zero-order chi connectivity index (χ0) is 25.5. The molecule has 2 N–H and O–H groups in total. The maximum atomic E-state index is 13.9. The van der Waals surface area contributed by atoms with Gasteiger partial charge in [0.25, 0.3) is 0 Å². The number of aromatic nitrogens is 6. The standard InChI is InChI=1S/C30H26FN7/c31-22-6-4-5-20(12-22)23-7-8-33-30-24(23)13-27(35-30)29-25-14-26(34-17-28(25)36-37-29)21-11-19(15-32-16-21)18-38-9-2-1-3-10-38/h4-8,11-17H,1-3,9-10,18H2,(H,33,35)(H,36,37). The van der Waals surface area contributed by atoms with Gasteiger partial charge in [0.2, 0.25) is 0 Å². The number of H-pyrrole nitrogens is 2. The highest BCUT2D eigenvalue weighted by molar-refractivity contribution is 6.00. The van der Waals surface area contributed by atoms with E-state index in [-0.39, 0.29) is 5.82 Å². The van der Waals surface area contributed by atoms with Crippen LogP contribution in [-0.2, 0) is 6.54 Å². The average molecular weight is 504 g/mol. The van der Waals surface area contributed by atoms with Gasteiger partial charge in [-0.15, -0.1) is 0 Å². The molecule has 5 aromatic heterocycles. The van der Waals surface area contributed by atoms with Crippen molar-refractivity contribution < 1.29 is 4.39 Å². The Balaban J connectivity index is 1.26. The van der Waals surface area contributed by atoms with Crippen molar-refractivity contribution in [2.75, 3.05) is 13.1 Å². The highest BCUT2D eigenvalue weighted by Gasteiger charge is 2.16. The molecule has 0 spiro atoms. The number of likely N-dealkylation sites (tertiary alicyclic amines) is 1. The predicted octanol–water partition coefficient (Wildman–Crippen LogP) is 6.36. The van der Waals surface area contributed by atoms with Crippen molar-refractivity contribution >= 4 is 21.9 Å². The van der Waals surface area contributed by atoms with Crippen LogP contribution in [0.5, 0.6) is 0 Å². The van der Waals surface area contributed by atoms with E-state index in [1.807, 2.05) is 36.8 Å². The first-order chi connectivity index (χ1) is 18.7. The lowest BCUT2D eigenvalue weighted by Crippen LogP contribution is -2.29. The zero-order valence-corrected chi connectivity index (χ0v) is 20.8. The van der Waals surface area contributed by atoms with Gasteiger partial charge in [0.1, 0.15) is 17.2 Å². The number of rotatable bonds is 5. The third-order valence-electron chi connectivity index (χ3n) is 7.32. The van der Waals surface area contributed by atoms with Crippen LogP contribution >= 0.6 is 0 Å². The van der Waals surface area contributed by atoms with Gasteiger partial charge in [-0.3, -0.25) is 20.0 Å². The average Bonchev–Trinajstić information content (AvgIpc) is 3.57. The summed E-state index contributed by atoms with van der Waals surface area (Å²) in [6.07, 6.45) is 11.2. The normalized spacial score (nSPS) is 14.4. The van der Waals surface area contributed by atoms with E-state index in [4.69, 9.17) is 4.98 Å². The van der Waals surface area contributed by atoms with Crippen LogP contribution in [0.3, 0.4) is 0 Å². The van der Waals surface area contributed by atoms with Gasteiger partial charge in [0.05, 0.1) is 23.1 Å². The van der Waals surface area contributed by atoms with Gasteiger partial charge in [-0.05, 0) is 79.0 Å². The Morgan fingerprint density at radius 3 is 2.68 bits per heavy atom. The molecule has 0 amide bonds. The van der Waals surface area contributed by atoms with Gasteiger partial charge < -0.3 is 4.98 Å². The summed E-state index contributed by atoms with van der Waals surface area (Å²) < 4.78 is 13.9. The summed E-state index contributed by atoms with van der Waals surface area (Å²) in [7, 11) is 0. The topological polar surface area (TPSA) is 86.4 Å². The van der Waals surface area contributed by atoms with Gasteiger partial charge in [0.15, 0.2) is 0 Å². The van der Waals surface area contributed by atoms with Crippen LogP contribution < -0.4 is 0 Å². The Morgan fingerprint density at radius 2 is 1.79 bits per heavy atom. The molecule has 1 aliphatic rings. The van der Waals surface area contributed by atoms with Crippen LogP contribution in [0.4, 0.5) is 4.39 Å². The molecule has 7 rings (SSSR count). The second-order valence-corrected chi connectivity index (χ2v) is 9.92. The molecule has 0 unspecified atom stereocenters. The molecule has 188 valence electrons. The predicted molar refractivity (Wildman–Crippen MR) is 147 cm³/mol. The number of pyridine rings is 3. The number of hydrogen-bond acceptors (Lipinski definition) is 5. The lowest BCUT2D eigenvalue weighted by atomic mass is 10.0. The highest BCUT2D eigenvalue weighted by Crippen LogP contribution is 2.34. The summed E-state index contributed by atoms with van der Waals surface area (Å²) in [4.78, 5) is 19.6. The molecular formula is C30H26FN7. The molecule has 1 saturated heterocycles. The molecule has 6 heterocycles. The molecule has 0 radical (unpaired) electrons. The van der Waals surface area contributed by atoms with E-state index >= 15 is 0 Å². The second kappa shape index (κ2) is 9.46. The maximum Gasteiger partial charge on any atom is 0.138 e. The molecule has 6 aromatic rings. The van der Waals surface area contributed by atoms with Gasteiger partial charge >= 0.3 is 0 Å². The Bertz CT molecular complexity index is 1760. The fourth-order valence-electron chi connectivity index (χ4n) is 5.43. The van der Waals surface area contributed by atoms with E-state index in [1.165, 1.54) is 37.0 Å². The number of halogens is 1. The van der Waals surface area contributed by atoms with Crippen molar-refractivity contribution in [3.05, 3.63) is 84.7 Å². The fraction of sp³-hybridized carbons (Fsp3) is 0.200. The monoisotopic (exact) mass is 503 g/mol. The second-order valence-electron chi connectivity index (χ2n) is 9.92. The van der Waals surface area contributed by atoms with Crippen LogP contribution in [0.25, 0.3) is 55.7 Å². The number of nitrogens with zero attached hydrogens (tertiary/aromatic N) is 5. The van der Waals surface area contributed by atoms with Crippen molar-refractivity contribution in [1.82, 2.24) is 35.0 Å². The first-order valence-corrected chi connectivity index (χ1v) is 13.0. The molecule has 1 aliphatic heterocycles. The number of benzene rings is 1. The van der Waals surface area contributed by atoms with Crippen molar-refractivity contribution in [2.24, 2.45) is 0 Å². The molecule has 8 heteroatoms. The summed E-state index contributed by atoms with van der Waals surface area (Å²) in [6, 6.07) is 14.8. The van der Waals surface area contributed by atoms with Crippen LogP contribution in [-0.4, -0.2) is 48.1 Å². The molecule has 0 atom stereocenters. The Labute approximate surface area is 218 Å². The van der Waals surface area contributed by atoms with E-state index in [2.05, 4.69) is 42.2 Å². The number of piperidine rings is 1. The first kappa shape index (κ1) is 22.7. The maximum absolute atomic E-state index is 13.9. The summed E-state index contributed by atoms with van der Waals surface area (Å²) in [5, 5.41) is 9.57. The van der Waals surface area contributed by atoms with Crippen LogP contribution in [0.2, 0.25) is 0 Å². The number of aromatic amines is 2. The van der Waals surface area contributed by atoms with Gasteiger partial charge in [-0.25, -0.2) is 9.37 Å². The van der Waals surface area contributed by atoms with Crippen LogP contribution in [0, 0.1) is 5.82 Å². The minimum atomic E-state index is -0.268. The largest absolute Gasteiger partial charge is 0.338 e. The van der Waals surface area contributed by atoms with Crippen molar-refractivity contribution in [3.63, 3.8) is 0 Å². The van der Waals surface area contributed by atoms with Crippen molar-refractivity contribution in [1.29, 1.82) is 0 Å². The van der Waals surface area contributed by atoms with E-state index in [0.29, 0.717) is 0 Å². The van der Waals surface area contributed by atoms with Gasteiger partial charge in [-0.2, -0.15) is 5.10 Å². The van der Waals surface area contributed by atoms with Crippen molar-refractivity contribution in [2.45, 2.75) is 25.8 Å². The number of hydrogen-bond donors (Lipinski definition) is 2. The molecule has 7 nitrogen and oxygen atoms in total. The molecule has 0 aliphatic carbocycles. The molecule has 0 saturated carbocycles. The minimum Gasteiger partial charge on any atom is -0.338 e. The molecule has 1 fully saturated rings. The molecular weight excluding hydrogens is 477 g/mol. The van der Waals surface area contributed by atoms with Gasteiger partial charge in [-0.1, -0.05) is 18.6 Å². The first-order valence-electron chi connectivity index (χ1n) is 13.0. The van der Waals surface area contributed by atoms with Gasteiger partial charge in [0, 0.05) is 41.5 Å². The molecule has 38 heavy (non-hydrogen) atoms. The van der Waals surface area contributed by atoms with E-state index in [0.717, 1.165) is 75.3 Å². The quantitative estimate of drug-likeness (QED) is 0.286. The highest BCUT2D eigenvalue weighted by atomic mass is 19.1. The smallest absolute Gasteiger partial charge is 0.138 e. The Hall–Kier alpha value is -4.43. The summed E-state index contributed by atoms with van der Waals surface area (Å²) >= 11 is 0. The summed E-state index contributed by atoms with van der Waals surface area (Å²) in [5.74, 6) is -0.268. The minimum absolute atomic E-state index is 0.268. The Kier molecular flexibility index (Phi) is 5.66. The third kappa shape index (κ3) is 4.22. The number of nitrogens with one attached hydrogen (secondary N) is 2. The molecule has 0 bridgehead atoms. The third-order valence-corrected chi connectivity index (χ3v) is 7.32.